The van der Waals surface area contributed by atoms with Gasteiger partial charge in [0, 0.05) is 12.0 Å². The van der Waals surface area contributed by atoms with E-state index in [4.69, 9.17) is 5.73 Å². The number of nitrogens with one attached hydrogen (secondary N) is 1. The van der Waals surface area contributed by atoms with Crippen molar-refractivity contribution in [1.82, 2.24) is 5.32 Å². The van der Waals surface area contributed by atoms with Gasteiger partial charge in [0.25, 0.3) is 0 Å². The Balaban J connectivity index is 0.00000361. The van der Waals surface area contributed by atoms with E-state index in [9.17, 15) is 4.79 Å². The Labute approximate surface area is 128 Å². The SMILES string of the molecule is CC(C)CC(NC(=O)C(C)C(C)N)c1ccccc1.Cl. The second-order valence-electron chi connectivity index (χ2n) is 5.75. The first kappa shape index (κ1) is 18.9. The zero-order valence-electron chi connectivity index (χ0n) is 12.8. The lowest BCUT2D eigenvalue weighted by Crippen LogP contribution is -2.40. The van der Waals surface area contributed by atoms with E-state index >= 15 is 0 Å². The number of benzene rings is 1. The molecule has 0 saturated carbocycles. The Morgan fingerprint density at radius 2 is 1.70 bits per heavy atom. The van der Waals surface area contributed by atoms with Crippen LogP contribution < -0.4 is 11.1 Å². The predicted octanol–water partition coefficient (Wildman–Crippen LogP) is 3.30. The van der Waals surface area contributed by atoms with Crippen molar-refractivity contribution >= 4 is 18.3 Å². The molecule has 0 heterocycles. The molecule has 3 nitrogen and oxygen atoms in total. The zero-order chi connectivity index (χ0) is 14.4. The second-order valence-corrected chi connectivity index (χ2v) is 5.75. The molecule has 3 atom stereocenters. The van der Waals surface area contributed by atoms with Crippen LogP contribution >= 0.6 is 12.4 Å². The molecule has 0 aromatic heterocycles. The van der Waals surface area contributed by atoms with Crippen LogP contribution in [0.1, 0.15) is 45.7 Å². The van der Waals surface area contributed by atoms with Gasteiger partial charge in [0.05, 0.1) is 6.04 Å². The summed E-state index contributed by atoms with van der Waals surface area (Å²) in [5.41, 5.74) is 6.95. The molecule has 3 N–H and O–H groups in total. The van der Waals surface area contributed by atoms with Crippen molar-refractivity contribution < 1.29 is 4.79 Å². The molecular weight excluding hydrogens is 272 g/mol. The van der Waals surface area contributed by atoms with E-state index in [0.717, 1.165) is 12.0 Å². The van der Waals surface area contributed by atoms with Crippen LogP contribution in [0.4, 0.5) is 0 Å². The molecule has 0 bridgehead atoms. The smallest absolute Gasteiger partial charge is 0.224 e. The van der Waals surface area contributed by atoms with E-state index in [2.05, 4.69) is 31.3 Å². The van der Waals surface area contributed by atoms with Gasteiger partial charge in [-0.1, -0.05) is 51.1 Å². The molecule has 0 aliphatic carbocycles. The Morgan fingerprint density at radius 1 is 1.15 bits per heavy atom. The number of nitrogens with two attached hydrogens (primary N) is 1. The van der Waals surface area contributed by atoms with Crippen molar-refractivity contribution in [1.29, 1.82) is 0 Å². The average molecular weight is 299 g/mol. The highest BCUT2D eigenvalue weighted by atomic mass is 35.5. The summed E-state index contributed by atoms with van der Waals surface area (Å²) in [6.07, 6.45) is 0.932. The average Bonchev–Trinajstić information content (AvgIpc) is 2.37. The first-order valence-corrected chi connectivity index (χ1v) is 7.02. The van der Waals surface area contributed by atoms with E-state index in [1.807, 2.05) is 32.0 Å². The van der Waals surface area contributed by atoms with Crippen LogP contribution in [0.25, 0.3) is 0 Å². The van der Waals surface area contributed by atoms with E-state index in [-0.39, 0.29) is 36.3 Å². The van der Waals surface area contributed by atoms with E-state index < -0.39 is 0 Å². The normalized spacial score (nSPS) is 15.1. The lowest BCUT2D eigenvalue weighted by Gasteiger charge is -2.24. The molecule has 0 spiro atoms. The van der Waals surface area contributed by atoms with Gasteiger partial charge in [-0.3, -0.25) is 4.79 Å². The molecule has 0 aliphatic heterocycles. The largest absolute Gasteiger partial charge is 0.349 e. The molecule has 114 valence electrons. The van der Waals surface area contributed by atoms with Crippen LogP contribution in [0.5, 0.6) is 0 Å². The van der Waals surface area contributed by atoms with E-state index in [1.54, 1.807) is 0 Å². The van der Waals surface area contributed by atoms with Crippen molar-refractivity contribution in [3.63, 3.8) is 0 Å². The summed E-state index contributed by atoms with van der Waals surface area (Å²) >= 11 is 0. The fourth-order valence-corrected chi connectivity index (χ4v) is 1.98. The number of carbonyl (C=O) groups excluding carboxylic acids is 1. The molecule has 0 saturated heterocycles. The van der Waals surface area contributed by atoms with Gasteiger partial charge in [0.15, 0.2) is 0 Å². The molecule has 0 fully saturated rings. The number of hydrogen-bond donors (Lipinski definition) is 2. The molecule has 4 heteroatoms. The summed E-state index contributed by atoms with van der Waals surface area (Å²) < 4.78 is 0. The van der Waals surface area contributed by atoms with Crippen LogP contribution in [-0.4, -0.2) is 11.9 Å². The first-order valence-electron chi connectivity index (χ1n) is 7.02. The van der Waals surface area contributed by atoms with Gasteiger partial charge in [0.1, 0.15) is 0 Å². The molecule has 0 aliphatic rings. The summed E-state index contributed by atoms with van der Waals surface area (Å²) in [6.45, 7) is 8.07. The highest BCUT2D eigenvalue weighted by Gasteiger charge is 2.21. The summed E-state index contributed by atoms with van der Waals surface area (Å²) in [5.74, 6) is 0.388. The molecular formula is C16H27ClN2O. The van der Waals surface area contributed by atoms with Gasteiger partial charge >= 0.3 is 0 Å². The summed E-state index contributed by atoms with van der Waals surface area (Å²) in [6, 6.07) is 10.1. The second kappa shape index (κ2) is 8.98. The maximum Gasteiger partial charge on any atom is 0.224 e. The Hall–Kier alpha value is -1.06. The number of halogens is 1. The third-order valence-electron chi connectivity index (χ3n) is 3.43. The molecule has 1 aromatic rings. The van der Waals surface area contributed by atoms with Crippen molar-refractivity contribution in [2.24, 2.45) is 17.6 Å². The molecule has 1 aromatic carbocycles. The van der Waals surface area contributed by atoms with Crippen molar-refractivity contribution in [2.75, 3.05) is 0 Å². The minimum atomic E-state index is -0.168. The standard InChI is InChI=1S/C16H26N2O.ClH/c1-11(2)10-15(14-8-6-5-7-9-14)18-16(19)12(3)13(4)17;/h5-9,11-13,15H,10,17H2,1-4H3,(H,18,19);1H. The number of carbonyl (C=O) groups is 1. The number of rotatable bonds is 6. The van der Waals surface area contributed by atoms with Crippen LogP contribution in [0, 0.1) is 11.8 Å². The first-order chi connectivity index (χ1) is 8.91. The van der Waals surface area contributed by atoms with Gasteiger partial charge in [0.2, 0.25) is 5.91 Å². The summed E-state index contributed by atoms with van der Waals surface area (Å²) in [5, 5.41) is 3.13. The van der Waals surface area contributed by atoms with E-state index in [1.165, 1.54) is 0 Å². The fourth-order valence-electron chi connectivity index (χ4n) is 1.98. The van der Waals surface area contributed by atoms with Gasteiger partial charge in [-0.25, -0.2) is 0 Å². The topological polar surface area (TPSA) is 55.1 Å². The monoisotopic (exact) mass is 298 g/mol. The molecule has 1 rings (SSSR count). The summed E-state index contributed by atoms with van der Waals surface area (Å²) in [7, 11) is 0. The van der Waals surface area contributed by atoms with Crippen LogP contribution in [0.2, 0.25) is 0 Å². The maximum absolute atomic E-state index is 12.2. The highest BCUT2D eigenvalue weighted by Crippen LogP contribution is 2.21. The predicted molar refractivity (Wildman–Crippen MR) is 86.8 cm³/mol. The lowest BCUT2D eigenvalue weighted by molar-refractivity contribution is -0.125. The van der Waals surface area contributed by atoms with Crippen molar-refractivity contribution in [2.45, 2.75) is 46.2 Å². The highest BCUT2D eigenvalue weighted by molar-refractivity contribution is 5.85. The van der Waals surface area contributed by atoms with Crippen molar-refractivity contribution in [3.8, 4) is 0 Å². The lowest BCUT2D eigenvalue weighted by atomic mass is 9.95. The molecule has 0 radical (unpaired) electrons. The van der Waals surface area contributed by atoms with Crippen molar-refractivity contribution in [3.05, 3.63) is 35.9 Å². The van der Waals surface area contributed by atoms with E-state index in [0.29, 0.717) is 5.92 Å². The Morgan fingerprint density at radius 3 is 2.15 bits per heavy atom. The minimum absolute atomic E-state index is 0. The maximum atomic E-state index is 12.2. The van der Waals surface area contributed by atoms with Crippen LogP contribution in [0.3, 0.4) is 0 Å². The molecule has 3 unspecified atom stereocenters. The van der Waals surface area contributed by atoms with Gasteiger partial charge in [-0.2, -0.15) is 0 Å². The molecule has 1 amide bonds. The fraction of sp³-hybridized carbons (Fsp3) is 0.562. The van der Waals surface area contributed by atoms with Gasteiger partial charge < -0.3 is 11.1 Å². The van der Waals surface area contributed by atoms with Gasteiger partial charge in [-0.05, 0) is 24.8 Å². The van der Waals surface area contributed by atoms with Crippen LogP contribution in [-0.2, 0) is 4.79 Å². The quantitative estimate of drug-likeness (QED) is 0.846. The Kier molecular flexibility index (Phi) is 8.51. The molecule has 20 heavy (non-hydrogen) atoms. The summed E-state index contributed by atoms with van der Waals surface area (Å²) in [4.78, 5) is 12.2. The number of amides is 1. The number of hydrogen-bond acceptors (Lipinski definition) is 2. The third kappa shape index (κ3) is 5.93. The van der Waals surface area contributed by atoms with Crippen LogP contribution in [0.15, 0.2) is 30.3 Å². The van der Waals surface area contributed by atoms with Gasteiger partial charge in [-0.15, -0.1) is 12.4 Å². The zero-order valence-corrected chi connectivity index (χ0v) is 13.6. The minimum Gasteiger partial charge on any atom is -0.349 e. The Bertz CT molecular complexity index is 393. The third-order valence-corrected chi connectivity index (χ3v) is 3.43.